The number of thiazole rings is 1. The van der Waals surface area contributed by atoms with Crippen molar-refractivity contribution in [1.29, 1.82) is 0 Å². The lowest BCUT2D eigenvalue weighted by molar-refractivity contribution is 0.109. The van der Waals surface area contributed by atoms with Crippen LogP contribution < -0.4 is 4.74 Å². The highest BCUT2D eigenvalue weighted by Gasteiger charge is 2.13. The van der Waals surface area contributed by atoms with Crippen LogP contribution in [-0.2, 0) is 6.61 Å². The molecule has 0 unspecified atom stereocenters. The number of ether oxygens (including phenoxy) is 1. The monoisotopic (exact) mass is 373 g/mol. The van der Waals surface area contributed by atoms with Gasteiger partial charge in [0.15, 0.2) is 0 Å². The van der Waals surface area contributed by atoms with E-state index in [-0.39, 0.29) is 4.69 Å². The first-order valence-corrected chi connectivity index (χ1v) is 8.33. The number of nitrogens with zero attached hydrogens (tertiary/aromatic N) is 1. The number of halogens is 1. The summed E-state index contributed by atoms with van der Waals surface area (Å²) in [6.07, 6.45) is 0. The van der Waals surface area contributed by atoms with Gasteiger partial charge in [-0.3, -0.25) is 4.79 Å². The SMILES string of the molecule is O=C(Br)c1csc(-c2ccccc2OCc2ccccc2)n1. The molecule has 0 fully saturated rings. The summed E-state index contributed by atoms with van der Waals surface area (Å²) in [5.74, 6) is 0.759. The normalized spacial score (nSPS) is 10.4. The lowest BCUT2D eigenvalue weighted by Crippen LogP contribution is -1.96. The summed E-state index contributed by atoms with van der Waals surface area (Å²) in [5, 5.41) is 2.51. The Bertz CT molecular complexity index is 786. The van der Waals surface area contributed by atoms with E-state index >= 15 is 0 Å². The van der Waals surface area contributed by atoms with Gasteiger partial charge in [-0.25, -0.2) is 4.98 Å². The van der Waals surface area contributed by atoms with Gasteiger partial charge >= 0.3 is 0 Å². The van der Waals surface area contributed by atoms with E-state index in [4.69, 9.17) is 4.74 Å². The molecule has 0 saturated heterocycles. The largest absolute Gasteiger partial charge is 0.488 e. The molecule has 0 bridgehead atoms. The third kappa shape index (κ3) is 3.43. The summed E-state index contributed by atoms with van der Waals surface area (Å²) in [5.41, 5.74) is 2.41. The van der Waals surface area contributed by atoms with Crippen LogP contribution in [0.15, 0.2) is 60.0 Å². The van der Waals surface area contributed by atoms with Crippen LogP contribution in [0, 0.1) is 0 Å². The van der Waals surface area contributed by atoms with Crippen LogP contribution in [0.3, 0.4) is 0 Å². The lowest BCUT2D eigenvalue weighted by atomic mass is 10.2. The van der Waals surface area contributed by atoms with Gasteiger partial charge in [0.05, 0.1) is 5.56 Å². The predicted octanol–water partition coefficient (Wildman–Crippen LogP) is 4.92. The summed E-state index contributed by atoms with van der Waals surface area (Å²) in [7, 11) is 0. The molecule has 5 heteroatoms. The number of rotatable bonds is 5. The van der Waals surface area contributed by atoms with Crippen molar-refractivity contribution < 1.29 is 9.53 Å². The lowest BCUT2D eigenvalue weighted by Gasteiger charge is -2.09. The van der Waals surface area contributed by atoms with E-state index in [1.54, 1.807) is 5.38 Å². The van der Waals surface area contributed by atoms with Crippen LogP contribution >= 0.6 is 27.3 Å². The molecule has 3 nitrogen and oxygen atoms in total. The first-order valence-electron chi connectivity index (χ1n) is 6.65. The van der Waals surface area contributed by atoms with Crippen LogP contribution in [0.25, 0.3) is 10.6 Å². The van der Waals surface area contributed by atoms with Crippen molar-refractivity contribution in [2.24, 2.45) is 0 Å². The first kappa shape index (κ1) is 14.9. The Morgan fingerprint density at radius 3 is 2.55 bits per heavy atom. The predicted molar refractivity (Wildman–Crippen MR) is 91.6 cm³/mol. The Hall–Kier alpha value is -1.98. The van der Waals surface area contributed by atoms with E-state index in [9.17, 15) is 4.79 Å². The van der Waals surface area contributed by atoms with Crippen LogP contribution in [0.4, 0.5) is 0 Å². The van der Waals surface area contributed by atoms with E-state index < -0.39 is 0 Å². The molecular formula is C17H12BrNO2S. The van der Waals surface area contributed by atoms with E-state index in [1.807, 2.05) is 54.6 Å². The quantitative estimate of drug-likeness (QED) is 0.595. The molecule has 0 spiro atoms. The fourth-order valence-electron chi connectivity index (χ4n) is 1.99. The number of carbonyl (C=O) groups excluding carboxylic acids is 1. The second kappa shape index (κ2) is 6.85. The minimum Gasteiger partial charge on any atom is -0.488 e. The molecule has 22 heavy (non-hydrogen) atoms. The van der Waals surface area contributed by atoms with Crippen molar-refractivity contribution in [3.8, 4) is 16.3 Å². The molecule has 110 valence electrons. The van der Waals surface area contributed by atoms with Gasteiger partial charge in [0.25, 0.3) is 0 Å². The van der Waals surface area contributed by atoms with E-state index in [1.165, 1.54) is 11.3 Å². The zero-order valence-electron chi connectivity index (χ0n) is 11.5. The minimum atomic E-state index is -0.210. The summed E-state index contributed by atoms with van der Waals surface area (Å²) >= 11 is 4.35. The van der Waals surface area contributed by atoms with Crippen molar-refractivity contribution in [2.75, 3.05) is 0 Å². The molecular weight excluding hydrogens is 362 g/mol. The van der Waals surface area contributed by atoms with Gasteiger partial charge < -0.3 is 4.74 Å². The first-order chi connectivity index (χ1) is 10.7. The van der Waals surface area contributed by atoms with Crippen molar-refractivity contribution >= 4 is 32.0 Å². The average molecular weight is 374 g/mol. The molecule has 1 aromatic heterocycles. The smallest absolute Gasteiger partial charge is 0.247 e. The highest BCUT2D eigenvalue weighted by atomic mass is 79.9. The van der Waals surface area contributed by atoms with Crippen LogP contribution in [0.5, 0.6) is 5.75 Å². The maximum atomic E-state index is 11.3. The fraction of sp³-hybridized carbons (Fsp3) is 0.0588. The molecule has 1 heterocycles. The van der Waals surface area contributed by atoms with Crippen LogP contribution in [-0.4, -0.2) is 9.68 Å². The van der Waals surface area contributed by atoms with Gasteiger partial charge in [0.2, 0.25) is 4.69 Å². The minimum absolute atomic E-state index is 0.210. The number of para-hydroxylation sites is 1. The van der Waals surface area contributed by atoms with Gasteiger partial charge in [-0.2, -0.15) is 0 Å². The highest BCUT2D eigenvalue weighted by molar-refractivity contribution is 9.18. The second-order valence-electron chi connectivity index (χ2n) is 4.58. The molecule has 0 atom stereocenters. The maximum absolute atomic E-state index is 11.3. The highest BCUT2D eigenvalue weighted by Crippen LogP contribution is 2.33. The van der Waals surface area contributed by atoms with Gasteiger partial charge in [-0.1, -0.05) is 42.5 Å². The zero-order chi connectivity index (χ0) is 15.4. The standard InChI is InChI=1S/C17H12BrNO2S/c18-16(20)14-11-22-17(19-14)13-8-4-5-9-15(13)21-10-12-6-2-1-3-7-12/h1-9,11H,10H2. The summed E-state index contributed by atoms with van der Waals surface area (Å²) < 4.78 is 5.71. The van der Waals surface area contributed by atoms with Gasteiger partial charge in [-0.15, -0.1) is 11.3 Å². The Labute approximate surface area is 140 Å². The Morgan fingerprint density at radius 2 is 1.82 bits per heavy atom. The van der Waals surface area contributed by atoms with Gasteiger partial charge in [0, 0.05) is 5.38 Å². The van der Waals surface area contributed by atoms with E-state index in [0.717, 1.165) is 21.9 Å². The topological polar surface area (TPSA) is 39.2 Å². The average Bonchev–Trinajstić information content (AvgIpc) is 3.04. The van der Waals surface area contributed by atoms with E-state index in [2.05, 4.69) is 20.9 Å². The second-order valence-corrected chi connectivity index (χ2v) is 6.16. The van der Waals surface area contributed by atoms with Crippen molar-refractivity contribution in [1.82, 2.24) is 4.98 Å². The van der Waals surface area contributed by atoms with E-state index in [0.29, 0.717) is 12.3 Å². The molecule has 0 aliphatic carbocycles. The molecule has 3 rings (SSSR count). The molecule has 0 N–H and O–H groups in total. The maximum Gasteiger partial charge on any atom is 0.247 e. The molecule has 2 aromatic carbocycles. The summed E-state index contributed by atoms with van der Waals surface area (Å²) in [6.45, 7) is 0.494. The van der Waals surface area contributed by atoms with Crippen LogP contribution in [0.1, 0.15) is 16.1 Å². The van der Waals surface area contributed by atoms with Crippen molar-refractivity contribution in [3.63, 3.8) is 0 Å². The third-order valence-electron chi connectivity index (χ3n) is 3.06. The number of benzene rings is 2. The molecule has 0 aliphatic heterocycles. The molecule has 3 aromatic rings. The Balaban J connectivity index is 1.84. The number of aromatic nitrogens is 1. The van der Waals surface area contributed by atoms with Gasteiger partial charge in [-0.05, 0) is 33.6 Å². The number of hydrogen-bond acceptors (Lipinski definition) is 4. The number of hydrogen-bond donors (Lipinski definition) is 0. The number of carbonyl (C=O) groups is 1. The fourth-order valence-corrected chi connectivity index (χ4v) is 3.18. The van der Waals surface area contributed by atoms with Gasteiger partial charge in [0.1, 0.15) is 23.1 Å². The van der Waals surface area contributed by atoms with Crippen LogP contribution in [0.2, 0.25) is 0 Å². The molecule has 0 aliphatic rings. The summed E-state index contributed by atoms with van der Waals surface area (Å²) in [4.78, 5) is 15.7. The van der Waals surface area contributed by atoms with Crippen molar-refractivity contribution in [2.45, 2.75) is 6.61 Å². The molecule has 0 saturated carbocycles. The van der Waals surface area contributed by atoms with Crippen molar-refractivity contribution in [3.05, 3.63) is 71.2 Å². The third-order valence-corrected chi connectivity index (χ3v) is 4.34. The summed E-state index contributed by atoms with van der Waals surface area (Å²) in [6, 6.07) is 17.7. The Kier molecular flexibility index (Phi) is 4.65. The molecule has 0 radical (unpaired) electrons. The molecule has 0 amide bonds. The zero-order valence-corrected chi connectivity index (χ0v) is 13.9. The Morgan fingerprint density at radius 1 is 1.09 bits per heavy atom.